The van der Waals surface area contributed by atoms with E-state index < -0.39 is 0 Å². The number of aliphatic hydroxyl groups excluding tert-OH is 1. The van der Waals surface area contributed by atoms with Crippen LogP contribution in [-0.4, -0.2) is 11.2 Å². The summed E-state index contributed by atoms with van der Waals surface area (Å²) < 4.78 is 0. The fourth-order valence-electron chi connectivity index (χ4n) is 7.75. The maximum Gasteiger partial charge on any atom is 0.0908 e. The molecule has 0 aliphatic heterocycles. The predicted octanol–water partition coefficient (Wildman–Crippen LogP) is 5.09. The number of nitrogens with zero attached hydrogens (tertiary/aromatic N) is 1. The third kappa shape index (κ3) is 2.31. The van der Waals surface area contributed by atoms with Gasteiger partial charge in [-0.1, -0.05) is 19.9 Å². The van der Waals surface area contributed by atoms with Crippen LogP contribution in [0.4, 0.5) is 0 Å². The Morgan fingerprint density at radius 1 is 0.958 bits per heavy atom. The monoisotopic (exact) mass is 327 g/mol. The van der Waals surface area contributed by atoms with Crippen molar-refractivity contribution in [3.63, 3.8) is 0 Å². The first-order valence-electron chi connectivity index (χ1n) is 10.2. The van der Waals surface area contributed by atoms with Crippen molar-refractivity contribution in [2.45, 2.75) is 77.7 Å². The van der Waals surface area contributed by atoms with E-state index >= 15 is 0 Å². The Hall–Kier alpha value is -0.810. The highest BCUT2D eigenvalue weighted by Gasteiger charge is 2.59. The molecule has 1 N–H and O–H groups in total. The molecule has 132 valence electrons. The lowest BCUT2D eigenvalue weighted by Gasteiger charge is -2.60. The molecule has 0 bridgehead atoms. The number of allylic oxidation sites excluding steroid dienone is 2. The van der Waals surface area contributed by atoms with Gasteiger partial charge in [0.25, 0.3) is 0 Å². The van der Waals surface area contributed by atoms with Gasteiger partial charge in [-0.05, 0) is 98.2 Å². The van der Waals surface area contributed by atoms with Crippen molar-refractivity contribution in [1.82, 2.24) is 0 Å². The molecule has 0 spiro atoms. The van der Waals surface area contributed by atoms with Crippen LogP contribution in [0.1, 0.15) is 71.6 Å². The van der Waals surface area contributed by atoms with Crippen LogP contribution >= 0.6 is 0 Å². The number of rotatable bonds is 1. The molecule has 0 amide bonds. The van der Waals surface area contributed by atoms with Crippen molar-refractivity contribution in [1.29, 1.82) is 5.26 Å². The summed E-state index contributed by atoms with van der Waals surface area (Å²) in [6.07, 6.45) is 15.3. The highest BCUT2D eigenvalue weighted by molar-refractivity contribution is 5.14. The molecule has 0 aromatic carbocycles. The second kappa shape index (κ2) is 5.87. The van der Waals surface area contributed by atoms with Crippen molar-refractivity contribution < 1.29 is 5.11 Å². The second-order valence-electron chi connectivity index (χ2n) is 9.80. The van der Waals surface area contributed by atoms with Gasteiger partial charge >= 0.3 is 0 Å². The quantitative estimate of drug-likeness (QED) is 0.682. The molecule has 4 rings (SSSR count). The van der Waals surface area contributed by atoms with Crippen LogP contribution in [0, 0.1) is 51.8 Å². The lowest BCUT2D eigenvalue weighted by atomic mass is 9.44. The van der Waals surface area contributed by atoms with E-state index in [1.165, 1.54) is 44.9 Å². The summed E-state index contributed by atoms with van der Waals surface area (Å²) in [4.78, 5) is 0. The van der Waals surface area contributed by atoms with E-state index in [1.54, 1.807) is 6.08 Å². The lowest BCUT2D eigenvalue weighted by molar-refractivity contribution is -0.124. The highest BCUT2D eigenvalue weighted by Crippen LogP contribution is 2.67. The minimum absolute atomic E-state index is 0.0412. The Morgan fingerprint density at radius 2 is 1.71 bits per heavy atom. The molecule has 8 atom stereocenters. The van der Waals surface area contributed by atoms with Crippen LogP contribution < -0.4 is 0 Å². The van der Waals surface area contributed by atoms with E-state index in [1.807, 2.05) is 0 Å². The predicted molar refractivity (Wildman–Crippen MR) is 96.0 cm³/mol. The SMILES string of the molecule is C[C@]12CC[C@H](O)C[C@@H]1CC[C@@H]1[C@@H]2CC[C@]2(C)[C@@H](/C=C/C#N)CC[C@@H]12. The van der Waals surface area contributed by atoms with E-state index in [-0.39, 0.29) is 6.10 Å². The van der Waals surface area contributed by atoms with Crippen molar-refractivity contribution in [3.8, 4) is 6.07 Å². The van der Waals surface area contributed by atoms with Gasteiger partial charge in [0, 0.05) is 6.08 Å². The molecule has 2 heteroatoms. The normalized spacial score (nSPS) is 53.9. The average molecular weight is 328 g/mol. The van der Waals surface area contributed by atoms with E-state index in [0.717, 1.165) is 36.5 Å². The Bertz CT molecular complexity index is 563. The third-order valence-electron chi connectivity index (χ3n) is 9.11. The van der Waals surface area contributed by atoms with Crippen LogP contribution in [0.15, 0.2) is 12.2 Å². The Morgan fingerprint density at radius 3 is 2.50 bits per heavy atom. The van der Waals surface area contributed by atoms with Gasteiger partial charge in [0.05, 0.1) is 12.2 Å². The summed E-state index contributed by atoms with van der Waals surface area (Å²) in [5, 5.41) is 19.1. The molecular formula is C22H33NO. The van der Waals surface area contributed by atoms with Gasteiger partial charge in [0.2, 0.25) is 0 Å². The van der Waals surface area contributed by atoms with Crippen LogP contribution in [0.2, 0.25) is 0 Å². The molecule has 0 aromatic heterocycles. The summed E-state index contributed by atoms with van der Waals surface area (Å²) in [5.41, 5.74) is 0.899. The van der Waals surface area contributed by atoms with E-state index in [2.05, 4.69) is 26.0 Å². The third-order valence-corrected chi connectivity index (χ3v) is 9.11. The lowest BCUT2D eigenvalue weighted by Crippen LogP contribution is -2.53. The zero-order valence-electron chi connectivity index (χ0n) is 15.4. The molecule has 0 unspecified atom stereocenters. The Kier molecular flexibility index (Phi) is 4.07. The highest BCUT2D eigenvalue weighted by atomic mass is 16.3. The summed E-state index contributed by atoms with van der Waals surface area (Å²) in [7, 11) is 0. The maximum absolute atomic E-state index is 10.1. The molecule has 0 saturated heterocycles. The summed E-state index contributed by atoms with van der Waals surface area (Å²) in [5.74, 6) is 3.99. The molecule has 24 heavy (non-hydrogen) atoms. The van der Waals surface area contributed by atoms with Crippen LogP contribution in [0.25, 0.3) is 0 Å². The van der Waals surface area contributed by atoms with Crippen molar-refractivity contribution in [2.75, 3.05) is 0 Å². The molecule has 4 fully saturated rings. The van der Waals surface area contributed by atoms with Gasteiger partial charge < -0.3 is 5.11 Å². The van der Waals surface area contributed by atoms with Crippen LogP contribution in [0.3, 0.4) is 0 Å². The molecule has 4 saturated carbocycles. The summed E-state index contributed by atoms with van der Waals surface area (Å²) in [6.45, 7) is 5.08. The first-order valence-corrected chi connectivity index (χ1v) is 10.2. The van der Waals surface area contributed by atoms with E-state index in [4.69, 9.17) is 5.26 Å². The molecule has 0 aromatic rings. The molecule has 0 heterocycles. The van der Waals surface area contributed by atoms with Crippen molar-refractivity contribution in [3.05, 3.63) is 12.2 Å². The topological polar surface area (TPSA) is 44.0 Å². The van der Waals surface area contributed by atoms with Gasteiger partial charge in [-0.2, -0.15) is 5.26 Å². The minimum Gasteiger partial charge on any atom is -0.393 e. The number of aliphatic hydroxyl groups is 1. The van der Waals surface area contributed by atoms with Crippen LogP contribution in [-0.2, 0) is 0 Å². The largest absolute Gasteiger partial charge is 0.393 e. The van der Waals surface area contributed by atoms with Crippen LogP contribution in [0.5, 0.6) is 0 Å². The van der Waals surface area contributed by atoms with Gasteiger partial charge in [-0.3, -0.25) is 0 Å². The van der Waals surface area contributed by atoms with Gasteiger partial charge in [-0.25, -0.2) is 0 Å². The summed E-state index contributed by atoms with van der Waals surface area (Å²) in [6, 6.07) is 2.21. The van der Waals surface area contributed by atoms with Gasteiger partial charge in [0.15, 0.2) is 0 Å². The molecule has 4 aliphatic carbocycles. The number of hydrogen-bond donors (Lipinski definition) is 1. The zero-order valence-corrected chi connectivity index (χ0v) is 15.4. The number of fused-ring (bicyclic) bond motifs is 5. The standard InChI is InChI=1S/C22H33NO/c1-21-12-10-20-18(19(21)8-6-15(21)4-3-13-23)7-5-16-14-17(24)9-11-22(16,20)2/h3-4,15-20,24H,5-12,14H2,1-2H3/b4-3+/t15-,16-,17-,18-,19-,20-,21+,22-/m0/s1. The number of hydrogen-bond acceptors (Lipinski definition) is 2. The molecule has 2 nitrogen and oxygen atoms in total. The van der Waals surface area contributed by atoms with Crippen molar-refractivity contribution in [2.24, 2.45) is 40.4 Å². The van der Waals surface area contributed by atoms with E-state index in [9.17, 15) is 5.11 Å². The van der Waals surface area contributed by atoms with Gasteiger partial charge in [0.1, 0.15) is 0 Å². The van der Waals surface area contributed by atoms with Gasteiger partial charge in [-0.15, -0.1) is 0 Å². The fraction of sp³-hybridized carbons (Fsp3) is 0.864. The Labute approximate surface area is 147 Å². The maximum atomic E-state index is 10.1. The Balaban J connectivity index is 1.59. The molecular weight excluding hydrogens is 294 g/mol. The first kappa shape index (κ1) is 16.6. The number of nitriles is 1. The first-order chi connectivity index (χ1) is 11.5. The van der Waals surface area contributed by atoms with E-state index in [0.29, 0.717) is 16.7 Å². The van der Waals surface area contributed by atoms with Crippen molar-refractivity contribution >= 4 is 0 Å². The minimum atomic E-state index is -0.0412. The molecule has 4 aliphatic rings. The summed E-state index contributed by atoms with van der Waals surface area (Å²) >= 11 is 0. The second-order valence-corrected chi connectivity index (χ2v) is 9.80. The zero-order chi connectivity index (χ0) is 16.9. The fourth-order valence-corrected chi connectivity index (χ4v) is 7.75. The smallest absolute Gasteiger partial charge is 0.0908 e. The molecule has 0 radical (unpaired) electrons. The average Bonchev–Trinajstić information content (AvgIpc) is 2.90.